The number of rotatable bonds is 11. The van der Waals surface area contributed by atoms with Gasteiger partial charge in [0.2, 0.25) is 0 Å². The maximum atomic E-state index is 11.6. The van der Waals surface area contributed by atoms with Gasteiger partial charge in [0.25, 0.3) is 0 Å². The van der Waals surface area contributed by atoms with E-state index in [4.69, 9.17) is 14.2 Å². The Kier molecular flexibility index (Phi) is 9.30. The van der Waals surface area contributed by atoms with Gasteiger partial charge in [-0.2, -0.15) is 5.10 Å². The van der Waals surface area contributed by atoms with Crippen molar-refractivity contribution in [3.05, 3.63) is 12.4 Å². The Morgan fingerprint density at radius 2 is 2.08 bits per heavy atom. The number of carbonyl (C=O) groups is 1. The molecule has 1 rings (SSSR count). The summed E-state index contributed by atoms with van der Waals surface area (Å²) in [6.45, 7) is 8.01. The van der Waals surface area contributed by atoms with Crippen molar-refractivity contribution >= 4 is 11.8 Å². The van der Waals surface area contributed by atoms with Gasteiger partial charge in [0.15, 0.2) is 0 Å². The molecule has 8 heteroatoms. The molecule has 1 aromatic rings. The predicted octanol–water partition coefficient (Wildman–Crippen LogP) is 2.26. The number of alkyl carbamates (subject to hydrolysis) is 1. The number of hydrogen-bond acceptors (Lipinski definition) is 6. The number of carbonyl (C=O) groups excluding carboxylic acids is 1. The largest absolute Gasteiger partial charge is 0.444 e. The van der Waals surface area contributed by atoms with Crippen LogP contribution >= 0.6 is 0 Å². The first kappa shape index (κ1) is 21.2. The second-order valence-electron chi connectivity index (χ2n) is 6.85. The highest BCUT2D eigenvalue weighted by molar-refractivity contribution is 5.67. The number of ether oxygens (including phenoxy) is 3. The van der Waals surface area contributed by atoms with Gasteiger partial charge in [-0.05, 0) is 33.6 Å². The molecule has 0 radical (unpaired) electrons. The first-order valence-electron chi connectivity index (χ1n) is 8.57. The first-order chi connectivity index (χ1) is 11.8. The normalized spacial score (nSPS) is 12.7. The molecule has 1 aromatic heterocycles. The highest BCUT2D eigenvalue weighted by atomic mass is 16.6. The lowest BCUT2D eigenvalue weighted by molar-refractivity contribution is 0.0526. The summed E-state index contributed by atoms with van der Waals surface area (Å²) in [5.74, 6) is 0. The summed E-state index contributed by atoms with van der Waals surface area (Å²) in [5, 5.41) is 10.5. The molecule has 1 atom stereocenters. The number of anilines is 1. The summed E-state index contributed by atoms with van der Waals surface area (Å²) in [6, 6.07) is 0.144. The van der Waals surface area contributed by atoms with E-state index in [0.717, 1.165) is 18.5 Å². The molecule has 2 N–H and O–H groups in total. The van der Waals surface area contributed by atoms with Crippen molar-refractivity contribution in [1.29, 1.82) is 0 Å². The van der Waals surface area contributed by atoms with E-state index < -0.39 is 5.60 Å². The number of aromatic nitrogens is 2. The zero-order valence-electron chi connectivity index (χ0n) is 16.0. The zero-order chi connectivity index (χ0) is 18.7. The summed E-state index contributed by atoms with van der Waals surface area (Å²) in [4.78, 5) is 11.6. The molecule has 8 nitrogen and oxygen atoms in total. The fourth-order valence-corrected chi connectivity index (χ4v) is 2.23. The summed E-state index contributed by atoms with van der Waals surface area (Å²) >= 11 is 0. The lowest BCUT2D eigenvalue weighted by Gasteiger charge is -2.20. The molecule has 1 heterocycles. The fourth-order valence-electron chi connectivity index (χ4n) is 2.23. The van der Waals surface area contributed by atoms with Crippen molar-refractivity contribution in [1.82, 2.24) is 15.1 Å². The number of nitrogens with one attached hydrogen (secondary N) is 2. The third-order valence-electron chi connectivity index (χ3n) is 3.29. The van der Waals surface area contributed by atoms with E-state index in [1.165, 1.54) is 0 Å². The van der Waals surface area contributed by atoms with Crippen molar-refractivity contribution in [2.45, 2.75) is 51.8 Å². The molecule has 0 spiro atoms. The van der Waals surface area contributed by atoms with E-state index in [1.54, 1.807) is 20.4 Å². The van der Waals surface area contributed by atoms with Crippen molar-refractivity contribution in [2.75, 3.05) is 39.3 Å². The molecule has 1 unspecified atom stereocenters. The standard InChI is InChI=1S/C17H32N4O4/c1-17(2,3)25-16(22)18-8-6-7-14(13-24-5)20-15-11-19-21(12-15)9-10-23-4/h11-12,14,20H,6-10,13H2,1-5H3,(H,18,22). The van der Waals surface area contributed by atoms with Crippen LogP contribution in [0.3, 0.4) is 0 Å². The zero-order valence-corrected chi connectivity index (χ0v) is 16.0. The van der Waals surface area contributed by atoms with E-state index in [2.05, 4.69) is 15.7 Å². The average Bonchev–Trinajstić information content (AvgIpc) is 2.95. The summed E-state index contributed by atoms with van der Waals surface area (Å²) in [7, 11) is 3.35. The van der Waals surface area contributed by atoms with E-state index in [-0.39, 0.29) is 12.1 Å². The number of amides is 1. The second kappa shape index (κ2) is 10.9. The lowest BCUT2D eigenvalue weighted by Crippen LogP contribution is -2.33. The van der Waals surface area contributed by atoms with Crippen molar-refractivity contribution in [3.8, 4) is 0 Å². The quantitative estimate of drug-likeness (QED) is 0.592. The third kappa shape index (κ3) is 9.93. The smallest absolute Gasteiger partial charge is 0.407 e. The Hall–Kier alpha value is -1.80. The van der Waals surface area contributed by atoms with Gasteiger partial charge in [-0.1, -0.05) is 0 Å². The van der Waals surface area contributed by atoms with Crippen LogP contribution in [0.2, 0.25) is 0 Å². The average molecular weight is 356 g/mol. The molecule has 0 aromatic carbocycles. The van der Waals surface area contributed by atoms with Gasteiger partial charge in [0, 0.05) is 33.0 Å². The highest BCUT2D eigenvalue weighted by Crippen LogP contribution is 2.11. The van der Waals surface area contributed by atoms with Crippen LogP contribution in [0.15, 0.2) is 12.4 Å². The molecular formula is C17H32N4O4. The molecule has 1 amide bonds. The maximum absolute atomic E-state index is 11.6. The van der Waals surface area contributed by atoms with Crippen LogP contribution in [0.25, 0.3) is 0 Å². The molecule has 0 aliphatic rings. The van der Waals surface area contributed by atoms with E-state index in [0.29, 0.717) is 26.3 Å². The van der Waals surface area contributed by atoms with Crippen LogP contribution in [0.5, 0.6) is 0 Å². The Labute approximate surface area is 150 Å². The lowest BCUT2D eigenvalue weighted by atomic mass is 10.1. The highest BCUT2D eigenvalue weighted by Gasteiger charge is 2.16. The van der Waals surface area contributed by atoms with Crippen molar-refractivity contribution < 1.29 is 19.0 Å². The van der Waals surface area contributed by atoms with Gasteiger partial charge in [0.1, 0.15) is 5.60 Å². The van der Waals surface area contributed by atoms with Crippen LogP contribution in [0.4, 0.5) is 10.5 Å². The van der Waals surface area contributed by atoms with Gasteiger partial charge >= 0.3 is 6.09 Å². The molecule has 0 fully saturated rings. The fraction of sp³-hybridized carbons (Fsp3) is 0.765. The Balaban J connectivity index is 2.34. The molecule has 0 bridgehead atoms. The monoisotopic (exact) mass is 356 g/mol. The summed E-state index contributed by atoms with van der Waals surface area (Å²) < 4.78 is 17.4. The van der Waals surface area contributed by atoms with Gasteiger partial charge in [-0.3, -0.25) is 4.68 Å². The Morgan fingerprint density at radius 3 is 2.72 bits per heavy atom. The SMILES string of the molecule is COCCn1cc(NC(CCCNC(=O)OC(C)(C)C)COC)cn1. The van der Waals surface area contributed by atoms with E-state index in [1.807, 2.05) is 31.6 Å². The summed E-state index contributed by atoms with van der Waals surface area (Å²) in [5.41, 5.74) is 0.464. The van der Waals surface area contributed by atoms with Gasteiger partial charge < -0.3 is 24.8 Å². The molecule has 144 valence electrons. The van der Waals surface area contributed by atoms with Crippen LogP contribution in [0, 0.1) is 0 Å². The molecular weight excluding hydrogens is 324 g/mol. The Bertz CT molecular complexity index is 499. The number of methoxy groups -OCH3 is 2. The van der Waals surface area contributed by atoms with Crippen LogP contribution < -0.4 is 10.6 Å². The van der Waals surface area contributed by atoms with Crippen molar-refractivity contribution in [2.24, 2.45) is 0 Å². The van der Waals surface area contributed by atoms with Gasteiger partial charge in [-0.15, -0.1) is 0 Å². The van der Waals surface area contributed by atoms with Crippen molar-refractivity contribution in [3.63, 3.8) is 0 Å². The van der Waals surface area contributed by atoms with E-state index in [9.17, 15) is 4.79 Å². The second-order valence-corrected chi connectivity index (χ2v) is 6.85. The van der Waals surface area contributed by atoms with Crippen LogP contribution in [-0.4, -0.2) is 61.5 Å². The minimum atomic E-state index is -0.479. The van der Waals surface area contributed by atoms with Crippen LogP contribution in [-0.2, 0) is 20.8 Å². The minimum absolute atomic E-state index is 0.144. The Morgan fingerprint density at radius 1 is 1.32 bits per heavy atom. The van der Waals surface area contributed by atoms with Gasteiger partial charge in [-0.25, -0.2) is 4.79 Å². The molecule has 0 saturated heterocycles. The molecule has 0 aliphatic carbocycles. The molecule has 0 aliphatic heterocycles. The van der Waals surface area contributed by atoms with E-state index >= 15 is 0 Å². The maximum Gasteiger partial charge on any atom is 0.407 e. The van der Waals surface area contributed by atoms with Gasteiger partial charge in [0.05, 0.1) is 31.6 Å². The van der Waals surface area contributed by atoms with Crippen LogP contribution in [0.1, 0.15) is 33.6 Å². The minimum Gasteiger partial charge on any atom is -0.444 e. The predicted molar refractivity (Wildman–Crippen MR) is 96.9 cm³/mol. The topological polar surface area (TPSA) is 86.6 Å². The number of nitrogens with zero attached hydrogens (tertiary/aromatic N) is 2. The molecule has 25 heavy (non-hydrogen) atoms. The molecule has 0 saturated carbocycles. The summed E-state index contributed by atoms with van der Waals surface area (Å²) in [6.07, 6.45) is 5.02. The number of hydrogen-bond donors (Lipinski definition) is 2. The third-order valence-corrected chi connectivity index (χ3v) is 3.29. The first-order valence-corrected chi connectivity index (χ1v) is 8.57.